The molecule has 174 valence electrons. The molecule has 1 unspecified atom stereocenters. The van der Waals surface area contributed by atoms with E-state index >= 15 is 0 Å². The summed E-state index contributed by atoms with van der Waals surface area (Å²) >= 11 is 12.4. The van der Waals surface area contributed by atoms with Gasteiger partial charge >= 0.3 is 0 Å². The second kappa shape index (κ2) is 9.61. The van der Waals surface area contributed by atoms with E-state index in [0.29, 0.717) is 27.9 Å². The minimum absolute atomic E-state index is 0.0313. The summed E-state index contributed by atoms with van der Waals surface area (Å²) < 4.78 is 30.0. The van der Waals surface area contributed by atoms with Crippen molar-refractivity contribution in [3.63, 3.8) is 0 Å². The molecule has 0 spiro atoms. The van der Waals surface area contributed by atoms with Gasteiger partial charge in [-0.2, -0.15) is 0 Å². The van der Waals surface area contributed by atoms with Crippen LogP contribution in [0.3, 0.4) is 0 Å². The van der Waals surface area contributed by atoms with Crippen LogP contribution < -0.4 is 0 Å². The molecule has 11 heteroatoms. The number of carbonyl (C=O) groups is 2. The van der Waals surface area contributed by atoms with Crippen molar-refractivity contribution in [2.75, 3.05) is 18.1 Å². The van der Waals surface area contributed by atoms with Crippen molar-refractivity contribution in [3.8, 4) is 0 Å². The Kier molecular flexibility index (Phi) is 6.99. The van der Waals surface area contributed by atoms with Crippen LogP contribution in [0.25, 0.3) is 6.08 Å². The summed E-state index contributed by atoms with van der Waals surface area (Å²) in [6, 6.07) is 10.1. The van der Waals surface area contributed by atoms with Crippen LogP contribution in [0.15, 0.2) is 45.7 Å². The van der Waals surface area contributed by atoms with Crippen LogP contribution in [0, 0.1) is 6.92 Å². The van der Waals surface area contributed by atoms with Crippen molar-refractivity contribution in [1.29, 1.82) is 0 Å². The smallest absolute Gasteiger partial charge is 0.266 e. The van der Waals surface area contributed by atoms with E-state index in [1.807, 2.05) is 0 Å². The summed E-state index contributed by atoms with van der Waals surface area (Å²) in [7, 11) is -3.21. The number of rotatable bonds is 6. The molecular weight excluding hydrogens is 504 g/mol. The van der Waals surface area contributed by atoms with Gasteiger partial charge in [-0.1, -0.05) is 47.7 Å². The summed E-state index contributed by atoms with van der Waals surface area (Å²) in [5.74, 6) is 0.437. The molecule has 3 heterocycles. The van der Waals surface area contributed by atoms with Gasteiger partial charge in [0.05, 0.1) is 23.0 Å². The summed E-state index contributed by atoms with van der Waals surface area (Å²) in [6.07, 6.45) is 2.05. The first-order chi connectivity index (χ1) is 15.6. The quantitative estimate of drug-likeness (QED) is 0.421. The highest BCUT2D eigenvalue weighted by Crippen LogP contribution is 2.33. The van der Waals surface area contributed by atoms with Crippen molar-refractivity contribution in [3.05, 3.63) is 63.4 Å². The highest BCUT2D eigenvalue weighted by molar-refractivity contribution is 8.26. The third-order valence-corrected chi connectivity index (χ3v) is 8.81. The van der Waals surface area contributed by atoms with Gasteiger partial charge in [-0.05, 0) is 49.2 Å². The number of hydrogen-bond acceptors (Lipinski definition) is 7. The number of aryl methyl sites for hydroxylation is 1. The van der Waals surface area contributed by atoms with Crippen LogP contribution in [0.4, 0.5) is 0 Å². The Hall–Kier alpha value is -2.14. The summed E-state index contributed by atoms with van der Waals surface area (Å²) in [5, 5.41) is 0.589. The van der Waals surface area contributed by atoms with Gasteiger partial charge in [0, 0.05) is 11.1 Å². The molecule has 0 N–H and O–H groups in total. The lowest BCUT2D eigenvalue weighted by Crippen LogP contribution is -2.46. The second-order valence-electron chi connectivity index (χ2n) is 7.91. The Morgan fingerprint density at radius 3 is 2.64 bits per heavy atom. The topological polar surface area (TPSA) is 87.9 Å². The van der Waals surface area contributed by atoms with Gasteiger partial charge in [0.1, 0.15) is 22.4 Å². The average molecular weight is 525 g/mol. The van der Waals surface area contributed by atoms with E-state index in [0.717, 1.165) is 17.3 Å². The first-order valence-corrected chi connectivity index (χ1v) is 13.6. The fraction of sp³-hybridized carbons (Fsp3) is 0.318. The predicted octanol–water partition coefficient (Wildman–Crippen LogP) is 3.66. The molecule has 0 bridgehead atoms. The number of hydrogen-bond donors (Lipinski definition) is 0. The molecule has 1 aromatic carbocycles. The first-order valence-electron chi connectivity index (χ1n) is 10.2. The van der Waals surface area contributed by atoms with Crippen molar-refractivity contribution in [2.24, 2.45) is 0 Å². The van der Waals surface area contributed by atoms with Gasteiger partial charge in [0.15, 0.2) is 9.84 Å². The van der Waals surface area contributed by atoms with Crippen molar-refractivity contribution >= 4 is 67.6 Å². The molecule has 2 aliphatic heterocycles. The molecule has 0 radical (unpaired) electrons. The number of carbonyl (C=O) groups excluding carboxylic acids is 2. The number of nitrogens with zero attached hydrogens (tertiary/aromatic N) is 2. The lowest BCUT2D eigenvalue weighted by molar-refractivity contribution is -0.137. The zero-order valence-electron chi connectivity index (χ0n) is 17.7. The van der Waals surface area contributed by atoms with Gasteiger partial charge in [0.2, 0.25) is 5.91 Å². The molecule has 1 aromatic heterocycles. The van der Waals surface area contributed by atoms with E-state index in [-0.39, 0.29) is 40.7 Å². The van der Waals surface area contributed by atoms with E-state index in [4.69, 9.17) is 28.2 Å². The maximum Gasteiger partial charge on any atom is 0.266 e. The van der Waals surface area contributed by atoms with Crippen molar-refractivity contribution in [2.45, 2.75) is 25.9 Å². The number of benzene rings is 1. The second-order valence-corrected chi connectivity index (χ2v) is 12.3. The lowest BCUT2D eigenvalue weighted by atomic mass is 10.2. The minimum Gasteiger partial charge on any atom is -0.464 e. The third-order valence-electron chi connectivity index (χ3n) is 5.43. The third kappa shape index (κ3) is 5.68. The number of furan rings is 1. The molecule has 1 atom stereocenters. The Balaban J connectivity index is 1.52. The first kappa shape index (κ1) is 24.0. The fourth-order valence-corrected chi connectivity index (χ4v) is 6.86. The average Bonchev–Trinajstić information content (AvgIpc) is 3.41. The fourth-order valence-electron chi connectivity index (χ4n) is 3.75. The molecule has 2 fully saturated rings. The number of amides is 2. The van der Waals surface area contributed by atoms with Crippen LogP contribution in [-0.2, 0) is 26.0 Å². The van der Waals surface area contributed by atoms with Crippen LogP contribution in [-0.4, -0.2) is 58.4 Å². The maximum atomic E-state index is 13.3. The zero-order valence-corrected chi connectivity index (χ0v) is 20.9. The predicted molar refractivity (Wildman–Crippen MR) is 132 cm³/mol. The molecule has 2 aliphatic rings. The number of thiocarbonyl (C=S) groups is 1. The number of sulfone groups is 1. The van der Waals surface area contributed by atoms with Gasteiger partial charge < -0.3 is 9.32 Å². The molecule has 2 saturated heterocycles. The van der Waals surface area contributed by atoms with Gasteiger partial charge in [-0.3, -0.25) is 14.5 Å². The Morgan fingerprint density at radius 2 is 2.03 bits per heavy atom. The molecular formula is C22H21ClN2O5S3. The van der Waals surface area contributed by atoms with Crippen molar-refractivity contribution < 1.29 is 22.4 Å². The van der Waals surface area contributed by atoms with Crippen LogP contribution >= 0.6 is 35.6 Å². The number of thioether (sulfide) groups is 1. The minimum atomic E-state index is -3.21. The van der Waals surface area contributed by atoms with Crippen LogP contribution in [0.5, 0.6) is 0 Å². The molecule has 4 rings (SSSR count). The molecule has 2 aromatic rings. The molecule has 7 nitrogen and oxygen atoms in total. The SMILES string of the molecule is Cc1ccc(CN(C(=O)CN2C(=O)/C(=C/c3ccc(Cl)cc3)SC2=S)C2CCS(=O)(=O)C2)o1. The van der Waals surface area contributed by atoms with E-state index in [9.17, 15) is 18.0 Å². The van der Waals surface area contributed by atoms with Gasteiger partial charge in [0.25, 0.3) is 5.91 Å². The summed E-state index contributed by atoms with van der Waals surface area (Å²) in [6.45, 7) is 1.66. The maximum absolute atomic E-state index is 13.3. The number of halogens is 1. The van der Waals surface area contributed by atoms with Crippen LogP contribution in [0.2, 0.25) is 5.02 Å². The molecule has 33 heavy (non-hydrogen) atoms. The lowest BCUT2D eigenvalue weighted by Gasteiger charge is -2.29. The summed E-state index contributed by atoms with van der Waals surface area (Å²) in [5.41, 5.74) is 0.789. The van der Waals surface area contributed by atoms with Gasteiger partial charge in [-0.15, -0.1) is 0 Å². The Bertz CT molecular complexity index is 1240. The summed E-state index contributed by atoms with van der Waals surface area (Å²) in [4.78, 5) is 29.4. The van der Waals surface area contributed by atoms with Gasteiger partial charge in [-0.25, -0.2) is 8.42 Å². The normalized spacial score (nSPS) is 21.2. The van der Waals surface area contributed by atoms with E-state index in [1.54, 1.807) is 49.4 Å². The highest BCUT2D eigenvalue weighted by atomic mass is 35.5. The molecule has 0 aliphatic carbocycles. The monoisotopic (exact) mass is 524 g/mol. The van der Waals surface area contributed by atoms with E-state index in [1.165, 1.54) is 9.80 Å². The largest absolute Gasteiger partial charge is 0.464 e. The zero-order chi connectivity index (χ0) is 23.8. The Labute approximate surface area is 206 Å². The Morgan fingerprint density at radius 1 is 1.30 bits per heavy atom. The van der Waals surface area contributed by atoms with E-state index < -0.39 is 15.9 Å². The molecule has 2 amide bonds. The standard InChI is InChI=1S/C22H21ClN2O5S3/c1-14-2-7-18(30-14)11-24(17-8-9-33(28,29)13-17)20(26)12-25-21(27)19(32-22(25)31)10-15-3-5-16(23)6-4-15/h2-7,10,17H,8-9,11-13H2,1H3/b19-10-. The van der Waals surface area contributed by atoms with Crippen LogP contribution in [0.1, 0.15) is 23.5 Å². The highest BCUT2D eigenvalue weighted by Gasteiger charge is 2.38. The molecule has 0 saturated carbocycles. The van der Waals surface area contributed by atoms with Crippen molar-refractivity contribution in [1.82, 2.24) is 9.80 Å². The van der Waals surface area contributed by atoms with E-state index in [2.05, 4.69) is 0 Å².